The van der Waals surface area contributed by atoms with Crippen LogP contribution in [-0.2, 0) is 16.1 Å². The largest absolute Gasteiger partial charge is 0.462 e. The Kier molecular flexibility index (Phi) is 6.16. The quantitative estimate of drug-likeness (QED) is 0.351. The van der Waals surface area contributed by atoms with E-state index in [1.54, 1.807) is 27.7 Å². The fourth-order valence-corrected chi connectivity index (χ4v) is 4.20. The SMILES string of the molecule is CCOC(=O)c1sc2nc(C)n(CC(=O)Nc3cc([N+](=O)[O-])ccc3C)c(=O)c2c1C. The molecule has 0 aliphatic rings. The number of non-ortho nitro benzene ring substituents is 1. The van der Waals surface area contributed by atoms with E-state index in [0.717, 1.165) is 11.3 Å². The number of thiophene rings is 1. The van der Waals surface area contributed by atoms with Crippen molar-refractivity contribution in [3.63, 3.8) is 0 Å². The van der Waals surface area contributed by atoms with Gasteiger partial charge < -0.3 is 10.1 Å². The summed E-state index contributed by atoms with van der Waals surface area (Å²) in [6.07, 6.45) is 0. The Hall–Kier alpha value is -3.60. The van der Waals surface area contributed by atoms with Crippen LogP contribution in [-0.4, -0.2) is 33.0 Å². The number of aryl methyl sites for hydroxylation is 3. The summed E-state index contributed by atoms with van der Waals surface area (Å²) >= 11 is 1.07. The van der Waals surface area contributed by atoms with Crippen LogP contribution < -0.4 is 10.9 Å². The number of nitro benzene ring substituents is 1. The van der Waals surface area contributed by atoms with Gasteiger partial charge in [0.2, 0.25) is 5.91 Å². The van der Waals surface area contributed by atoms with Crippen LogP contribution in [0.2, 0.25) is 0 Å². The van der Waals surface area contributed by atoms with Crippen LogP contribution in [0, 0.1) is 30.9 Å². The summed E-state index contributed by atoms with van der Waals surface area (Å²) in [5.74, 6) is -0.751. The molecule has 1 amide bonds. The maximum Gasteiger partial charge on any atom is 0.348 e. The molecule has 3 aromatic rings. The highest BCUT2D eigenvalue weighted by Crippen LogP contribution is 2.28. The molecule has 1 aromatic carbocycles. The molecular formula is C20H20N4O6S. The third-order valence-electron chi connectivity index (χ3n) is 4.71. The molecule has 0 unspecified atom stereocenters. The molecule has 0 fully saturated rings. The van der Waals surface area contributed by atoms with Crippen molar-refractivity contribution in [1.29, 1.82) is 0 Å². The molecule has 0 aliphatic carbocycles. The first-order valence-electron chi connectivity index (χ1n) is 9.36. The summed E-state index contributed by atoms with van der Waals surface area (Å²) in [5, 5.41) is 13.9. The number of fused-ring (bicyclic) bond motifs is 1. The van der Waals surface area contributed by atoms with Crippen LogP contribution in [0.4, 0.5) is 11.4 Å². The normalized spacial score (nSPS) is 10.8. The van der Waals surface area contributed by atoms with Gasteiger partial charge in [-0.1, -0.05) is 6.07 Å². The van der Waals surface area contributed by atoms with E-state index in [0.29, 0.717) is 26.7 Å². The molecule has 0 radical (unpaired) electrons. The van der Waals surface area contributed by atoms with E-state index in [1.807, 2.05) is 0 Å². The highest BCUT2D eigenvalue weighted by Gasteiger charge is 2.22. The number of hydrogen-bond donors (Lipinski definition) is 1. The first kappa shape index (κ1) is 22.1. The highest BCUT2D eigenvalue weighted by molar-refractivity contribution is 7.20. The van der Waals surface area contributed by atoms with Gasteiger partial charge in [0.15, 0.2) is 0 Å². The molecule has 1 N–H and O–H groups in total. The predicted octanol–water partition coefficient (Wildman–Crippen LogP) is 3.11. The molecule has 0 spiro atoms. The molecule has 2 aromatic heterocycles. The zero-order valence-corrected chi connectivity index (χ0v) is 18.2. The second-order valence-corrected chi connectivity index (χ2v) is 7.81. The Balaban J connectivity index is 1.95. The minimum Gasteiger partial charge on any atom is -0.462 e. The Morgan fingerprint density at radius 2 is 2.00 bits per heavy atom. The number of benzene rings is 1. The fraction of sp³-hybridized carbons (Fsp3) is 0.300. The van der Waals surface area contributed by atoms with Crippen LogP contribution >= 0.6 is 11.3 Å². The molecule has 0 saturated heterocycles. The number of nitrogens with zero attached hydrogens (tertiary/aromatic N) is 3. The van der Waals surface area contributed by atoms with E-state index in [1.165, 1.54) is 22.8 Å². The number of nitrogens with one attached hydrogen (secondary N) is 1. The van der Waals surface area contributed by atoms with Crippen LogP contribution in [0.5, 0.6) is 0 Å². The second kappa shape index (κ2) is 8.64. The Morgan fingerprint density at radius 1 is 1.29 bits per heavy atom. The van der Waals surface area contributed by atoms with Crippen molar-refractivity contribution < 1.29 is 19.2 Å². The number of esters is 1. The minimum atomic E-state index is -0.554. The van der Waals surface area contributed by atoms with Crippen LogP contribution in [0.1, 0.15) is 33.5 Å². The number of hydrogen-bond acceptors (Lipinski definition) is 8. The van der Waals surface area contributed by atoms with E-state index in [9.17, 15) is 24.5 Å². The van der Waals surface area contributed by atoms with Gasteiger partial charge in [0, 0.05) is 12.1 Å². The van der Waals surface area contributed by atoms with Crippen molar-refractivity contribution in [2.24, 2.45) is 0 Å². The van der Waals surface area contributed by atoms with Crippen molar-refractivity contribution in [1.82, 2.24) is 9.55 Å². The summed E-state index contributed by atoms with van der Waals surface area (Å²) in [5.41, 5.74) is 0.787. The molecule has 31 heavy (non-hydrogen) atoms. The van der Waals surface area contributed by atoms with Gasteiger partial charge in [-0.3, -0.25) is 24.3 Å². The zero-order valence-electron chi connectivity index (χ0n) is 17.3. The molecule has 0 bridgehead atoms. The third-order valence-corrected chi connectivity index (χ3v) is 5.88. The van der Waals surface area contributed by atoms with Gasteiger partial charge in [-0.15, -0.1) is 11.3 Å². The molecule has 0 aliphatic heterocycles. The molecule has 2 heterocycles. The van der Waals surface area contributed by atoms with Gasteiger partial charge in [0.25, 0.3) is 11.2 Å². The molecule has 0 saturated carbocycles. The van der Waals surface area contributed by atoms with Crippen molar-refractivity contribution >= 4 is 44.8 Å². The summed E-state index contributed by atoms with van der Waals surface area (Å²) in [4.78, 5) is 53.3. The summed E-state index contributed by atoms with van der Waals surface area (Å²) in [6.45, 7) is 6.50. The second-order valence-electron chi connectivity index (χ2n) is 6.81. The molecule has 3 rings (SSSR count). The van der Waals surface area contributed by atoms with Crippen molar-refractivity contribution in [3.8, 4) is 0 Å². The number of nitro groups is 1. The monoisotopic (exact) mass is 444 g/mol. The Bertz CT molecular complexity index is 1280. The molecule has 162 valence electrons. The van der Waals surface area contributed by atoms with Crippen molar-refractivity contribution in [3.05, 3.63) is 60.5 Å². The zero-order chi connectivity index (χ0) is 22.9. The highest BCUT2D eigenvalue weighted by atomic mass is 32.1. The lowest BCUT2D eigenvalue weighted by Crippen LogP contribution is -2.30. The van der Waals surface area contributed by atoms with E-state index >= 15 is 0 Å². The third kappa shape index (κ3) is 4.31. The van der Waals surface area contributed by atoms with Gasteiger partial charge in [0.05, 0.1) is 22.6 Å². The lowest BCUT2D eigenvalue weighted by Gasteiger charge is -2.11. The van der Waals surface area contributed by atoms with E-state index < -0.39 is 22.4 Å². The van der Waals surface area contributed by atoms with E-state index in [4.69, 9.17) is 4.74 Å². The average molecular weight is 444 g/mol. The minimum absolute atomic E-state index is 0.155. The van der Waals surface area contributed by atoms with Crippen LogP contribution in [0.15, 0.2) is 23.0 Å². The van der Waals surface area contributed by atoms with Gasteiger partial charge in [-0.05, 0) is 38.8 Å². The predicted molar refractivity (Wildman–Crippen MR) is 116 cm³/mol. The lowest BCUT2D eigenvalue weighted by atomic mass is 10.2. The van der Waals surface area contributed by atoms with E-state index in [2.05, 4.69) is 10.3 Å². The number of anilines is 1. The molecule has 0 atom stereocenters. The Labute approximate surface area is 180 Å². The first-order chi connectivity index (χ1) is 14.6. The molecule has 11 heteroatoms. The smallest absolute Gasteiger partial charge is 0.348 e. The lowest BCUT2D eigenvalue weighted by molar-refractivity contribution is -0.384. The first-order valence-corrected chi connectivity index (χ1v) is 10.2. The van der Waals surface area contributed by atoms with Gasteiger partial charge in [-0.25, -0.2) is 9.78 Å². The summed E-state index contributed by atoms with van der Waals surface area (Å²) in [7, 11) is 0. The maximum atomic E-state index is 13.1. The molecule has 10 nitrogen and oxygen atoms in total. The number of aromatic nitrogens is 2. The Morgan fingerprint density at radius 3 is 2.65 bits per heavy atom. The average Bonchev–Trinajstić information content (AvgIpc) is 3.03. The number of carbonyl (C=O) groups excluding carboxylic acids is 2. The maximum absolute atomic E-state index is 13.1. The van der Waals surface area contributed by atoms with Gasteiger partial charge in [0.1, 0.15) is 22.1 Å². The van der Waals surface area contributed by atoms with Crippen molar-refractivity contribution in [2.75, 3.05) is 11.9 Å². The number of ether oxygens (including phenoxy) is 1. The topological polar surface area (TPSA) is 133 Å². The number of carbonyl (C=O) groups is 2. The van der Waals surface area contributed by atoms with Gasteiger partial charge >= 0.3 is 5.97 Å². The van der Waals surface area contributed by atoms with Gasteiger partial charge in [-0.2, -0.15) is 0 Å². The number of rotatable bonds is 6. The standard InChI is InChI=1S/C20H20N4O6S/c1-5-30-20(27)17-11(3)16-18(31-17)21-12(4)23(19(16)26)9-15(25)22-14-8-13(24(28)29)7-6-10(14)2/h6-8H,5,9H2,1-4H3,(H,22,25). The van der Waals surface area contributed by atoms with Crippen molar-refractivity contribution in [2.45, 2.75) is 34.2 Å². The van der Waals surface area contributed by atoms with Crippen LogP contribution in [0.3, 0.4) is 0 Å². The van der Waals surface area contributed by atoms with Crippen LogP contribution in [0.25, 0.3) is 10.2 Å². The van der Waals surface area contributed by atoms with E-state index in [-0.39, 0.29) is 29.9 Å². The fourth-order valence-electron chi connectivity index (χ4n) is 3.09. The number of amides is 1. The summed E-state index contributed by atoms with van der Waals surface area (Å²) in [6, 6.07) is 4.14. The summed E-state index contributed by atoms with van der Waals surface area (Å²) < 4.78 is 6.24. The molecular weight excluding hydrogens is 424 g/mol.